The van der Waals surface area contributed by atoms with E-state index in [1.54, 1.807) is 0 Å². The maximum atomic E-state index is 15.0. The summed E-state index contributed by atoms with van der Waals surface area (Å²) in [6, 6.07) is 4.05. The largest absolute Gasteiger partial charge is 0.432 e. The minimum Gasteiger partial charge on any atom is -0.429 e. The molecule has 0 saturated heterocycles. The molecule has 0 unspecified atom stereocenters. The summed E-state index contributed by atoms with van der Waals surface area (Å²) < 4.78 is 132. The van der Waals surface area contributed by atoms with E-state index in [1.807, 2.05) is 0 Å². The topological polar surface area (TPSA) is 9.23 Å². The second-order valence-electron chi connectivity index (χ2n) is 9.47. The molecule has 0 aromatic heterocycles. The Morgan fingerprint density at radius 1 is 0.711 bits per heavy atom. The number of hydrogen-bond acceptors (Lipinski definition) is 1. The molecule has 3 aromatic carbocycles. The molecule has 38 heavy (non-hydrogen) atoms. The molecule has 1 aliphatic carbocycles. The van der Waals surface area contributed by atoms with Gasteiger partial charge < -0.3 is 4.74 Å². The molecule has 1 saturated carbocycles. The van der Waals surface area contributed by atoms with Crippen molar-refractivity contribution in [2.24, 2.45) is 5.92 Å². The predicted molar refractivity (Wildman–Crippen MR) is 122 cm³/mol. The van der Waals surface area contributed by atoms with Crippen LogP contribution >= 0.6 is 0 Å². The third kappa shape index (κ3) is 5.49. The predicted octanol–water partition coefficient (Wildman–Crippen LogP) is 9.53. The molecule has 1 nitrogen and oxygen atoms in total. The first kappa shape index (κ1) is 27.9. The summed E-state index contributed by atoms with van der Waals surface area (Å²) in [7, 11) is 0. The van der Waals surface area contributed by atoms with Crippen LogP contribution < -0.4 is 4.74 Å². The van der Waals surface area contributed by atoms with Gasteiger partial charge in [0.05, 0.1) is 0 Å². The van der Waals surface area contributed by atoms with Gasteiger partial charge in [0, 0.05) is 23.3 Å². The lowest BCUT2D eigenvalue weighted by Gasteiger charge is -2.28. The van der Waals surface area contributed by atoms with Gasteiger partial charge in [-0.2, -0.15) is 8.78 Å². The second-order valence-corrected chi connectivity index (χ2v) is 9.47. The van der Waals surface area contributed by atoms with Crippen LogP contribution in [0.2, 0.25) is 0 Å². The molecule has 1 aliphatic rings. The zero-order chi connectivity index (χ0) is 27.8. The van der Waals surface area contributed by atoms with Gasteiger partial charge in [-0.3, -0.25) is 0 Å². The summed E-state index contributed by atoms with van der Waals surface area (Å²) in [6.07, 6.45) is 0.887. The van der Waals surface area contributed by atoms with E-state index >= 15 is 0 Å². The highest BCUT2D eigenvalue weighted by atomic mass is 19.3. The molecule has 10 heteroatoms. The van der Waals surface area contributed by atoms with Crippen molar-refractivity contribution in [2.75, 3.05) is 0 Å². The highest BCUT2D eigenvalue weighted by molar-refractivity contribution is 5.66. The van der Waals surface area contributed by atoms with Crippen molar-refractivity contribution >= 4 is 0 Å². The van der Waals surface area contributed by atoms with Crippen molar-refractivity contribution in [1.82, 2.24) is 0 Å². The van der Waals surface area contributed by atoms with E-state index in [9.17, 15) is 39.5 Å². The smallest absolute Gasteiger partial charge is 0.429 e. The van der Waals surface area contributed by atoms with Gasteiger partial charge in [-0.05, 0) is 55.2 Å². The molecule has 0 heterocycles. The van der Waals surface area contributed by atoms with Crippen LogP contribution in [-0.4, -0.2) is 0 Å². The van der Waals surface area contributed by atoms with Gasteiger partial charge in [0.15, 0.2) is 29.1 Å². The Morgan fingerprint density at radius 3 is 1.92 bits per heavy atom. The summed E-state index contributed by atoms with van der Waals surface area (Å²) in [4.78, 5) is 0. The van der Waals surface area contributed by atoms with Gasteiger partial charge in [-0.25, -0.2) is 30.7 Å². The molecule has 0 spiro atoms. The van der Waals surface area contributed by atoms with Crippen LogP contribution in [0, 0.1) is 46.6 Å². The number of alkyl halides is 2. The lowest BCUT2D eigenvalue weighted by Crippen LogP contribution is -2.26. The molecule has 4 rings (SSSR count). The molecule has 204 valence electrons. The normalized spacial score (nSPS) is 18.1. The Labute approximate surface area is 213 Å². The molecule has 3 aromatic rings. The Kier molecular flexibility index (Phi) is 7.99. The number of hydrogen-bond donors (Lipinski definition) is 0. The number of benzene rings is 3. The third-order valence-corrected chi connectivity index (χ3v) is 6.95. The van der Waals surface area contributed by atoms with Crippen molar-refractivity contribution in [3.63, 3.8) is 0 Å². The van der Waals surface area contributed by atoms with Crippen molar-refractivity contribution in [1.29, 1.82) is 0 Å². The Balaban J connectivity index is 1.62. The molecule has 0 amide bonds. The van der Waals surface area contributed by atoms with E-state index in [-0.39, 0.29) is 24.1 Å². The molecule has 0 aliphatic heterocycles. The standard InChI is InChI=1S/C28H23F9O/c1-2-3-14-4-6-15(7-5-14)16-8-9-18(20(29)10-16)19-13-21(30)24(27(35)25(19)33)28(36,37)38-17-11-22(31)26(34)23(32)12-17/h8-15H,2-7H2,1H3. The Morgan fingerprint density at radius 2 is 1.34 bits per heavy atom. The monoisotopic (exact) mass is 546 g/mol. The first-order chi connectivity index (χ1) is 17.9. The number of rotatable bonds is 7. The van der Waals surface area contributed by atoms with Gasteiger partial charge in [-0.1, -0.05) is 31.9 Å². The van der Waals surface area contributed by atoms with Crippen molar-refractivity contribution in [3.05, 3.63) is 88.2 Å². The van der Waals surface area contributed by atoms with E-state index in [0.717, 1.165) is 50.7 Å². The van der Waals surface area contributed by atoms with Crippen LogP contribution in [0.15, 0.2) is 36.4 Å². The zero-order valence-corrected chi connectivity index (χ0v) is 20.2. The van der Waals surface area contributed by atoms with Crippen LogP contribution in [0.25, 0.3) is 11.1 Å². The van der Waals surface area contributed by atoms with Gasteiger partial charge in [0.25, 0.3) is 0 Å². The lowest BCUT2D eigenvalue weighted by atomic mass is 9.77. The average molecular weight is 546 g/mol. The first-order valence-electron chi connectivity index (χ1n) is 12.1. The molecule has 0 atom stereocenters. The summed E-state index contributed by atoms with van der Waals surface area (Å²) in [5.41, 5.74) is -3.03. The van der Waals surface area contributed by atoms with Crippen molar-refractivity contribution in [3.8, 4) is 16.9 Å². The lowest BCUT2D eigenvalue weighted by molar-refractivity contribution is -0.190. The van der Waals surface area contributed by atoms with Gasteiger partial charge in [0.2, 0.25) is 0 Å². The quantitative estimate of drug-likeness (QED) is 0.163. The molecule has 0 bridgehead atoms. The minimum atomic E-state index is -4.97. The van der Waals surface area contributed by atoms with E-state index < -0.39 is 69.3 Å². The van der Waals surface area contributed by atoms with Gasteiger partial charge in [0.1, 0.15) is 22.9 Å². The van der Waals surface area contributed by atoms with Crippen LogP contribution in [0.4, 0.5) is 39.5 Å². The second kappa shape index (κ2) is 10.9. The van der Waals surface area contributed by atoms with E-state index in [4.69, 9.17) is 0 Å². The fourth-order valence-electron chi connectivity index (χ4n) is 5.04. The zero-order valence-electron chi connectivity index (χ0n) is 20.2. The van der Waals surface area contributed by atoms with Crippen molar-refractivity contribution in [2.45, 2.75) is 57.5 Å². The molecule has 0 N–H and O–H groups in total. The summed E-state index contributed by atoms with van der Waals surface area (Å²) in [5, 5.41) is 0. The fourth-order valence-corrected chi connectivity index (χ4v) is 5.04. The van der Waals surface area contributed by atoms with Crippen LogP contribution in [0.3, 0.4) is 0 Å². The molecular weight excluding hydrogens is 523 g/mol. The molecular formula is C28H23F9O. The maximum Gasteiger partial charge on any atom is 0.432 e. The Bertz CT molecular complexity index is 1310. The highest BCUT2D eigenvalue weighted by Gasteiger charge is 2.43. The average Bonchev–Trinajstić information content (AvgIpc) is 2.85. The first-order valence-corrected chi connectivity index (χ1v) is 12.1. The minimum absolute atomic E-state index is 0.0278. The van der Waals surface area contributed by atoms with Crippen LogP contribution in [0.5, 0.6) is 5.75 Å². The summed E-state index contributed by atoms with van der Waals surface area (Å²) >= 11 is 0. The maximum absolute atomic E-state index is 15.0. The third-order valence-electron chi connectivity index (χ3n) is 6.95. The molecule has 0 radical (unpaired) electrons. The van der Waals surface area contributed by atoms with E-state index in [2.05, 4.69) is 11.7 Å². The van der Waals surface area contributed by atoms with Crippen LogP contribution in [0.1, 0.15) is 62.5 Å². The molecule has 1 fully saturated rings. The number of halogens is 9. The Hall–Kier alpha value is -3.17. The van der Waals surface area contributed by atoms with Gasteiger partial charge in [-0.15, -0.1) is 0 Å². The van der Waals surface area contributed by atoms with Gasteiger partial charge >= 0.3 is 6.11 Å². The SMILES string of the molecule is CCCC1CCC(c2ccc(-c3cc(F)c(C(F)(F)Oc4cc(F)c(F)c(F)c4)c(F)c3F)c(F)c2)CC1. The van der Waals surface area contributed by atoms with Crippen LogP contribution in [-0.2, 0) is 6.11 Å². The summed E-state index contributed by atoms with van der Waals surface area (Å²) in [5.74, 6) is -13.7. The highest BCUT2D eigenvalue weighted by Crippen LogP contribution is 2.41. The fraction of sp³-hybridized carbons (Fsp3) is 0.357. The van der Waals surface area contributed by atoms with Crippen molar-refractivity contribution < 1.29 is 44.3 Å². The van der Waals surface area contributed by atoms with E-state index in [0.29, 0.717) is 11.5 Å². The van der Waals surface area contributed by atoms with E-state index in [1.165, 1.54) is 6.07 Å². The number of ether oxygens (including phenoxy) is 1. The summed E-state index contributed by atoms with van der Waals surface area (Å²) in [6.45, 7) is 2.11.